The third-order valence-corrected chi connectivity index (χ3v) is 1.54. The average molecular weight is 200 g/mol. The van der Waals surface area contributed by atoms with Crippen LogP contribution < -0.4 is 5.32 Å². The van der Waals surface area contributed by atoms with Gasteiger partial charge in [-0.25, -0.2) is 0 Å². The summed E-state index contributed by atoms with van der Waals surface area (Å²) in [5.41, 5.74) is 0. The van der Waals surface area contributed by atoms with Gasteiger partial charge in [0.25, 0.3) is 0 Å². The van der Waals surface area contributed by atoms with Gasteiger partial charge >= 0.3 is 5.97 Å². The van der Waals surface area contributed by atoms with Gasteiger partial charge in [-0.3, -0.25) is 9.36 Å². The molecule has 3 N–H and O–H groups in total. The number of nitrogens with zero attached hydrogens (tertiary/aromatic N) is 3. The van der Waals surface area contributed by atoms with Crippen molar-refractivity contribution in [2.75, 3.05) is 18.5 Å². The third-order valence-electron chi connectivity index (χ3n) is 1.54. The van der Waals surface area contributed by atoms with E-state index in [1.807, 2.05) is 0 Å². The first kappa shape index (κ1) is 10.5. The molecule has 78 valence electrons. The van der Waals surface area contributed by atoms with Crippen molar-refractivity contribution in [3.05, 3.63) is 6.33 Å². The lowest BCUT2D eigenvalue weighted by molar-refractivity contribution is -0.137. The van der Waals surface area contributed by atoms with Gasteiger partial charge in [-0.15, -0.1) is 10.2 Å². The van der Waals surface area contributed by atoms with Crippen LogP contribution in [0.2, 0.25) is 0 Å². The number of aromatic nitrogens is 3. The van der Waals surface area contributed by atoms with Gasteiger partial charge in [-0.1, -0.05) is 0 Å². The Morgan fingerprint density at radius 1 is 1.64 bits per heavy atom. The first-order chi connectivity index (χ1) is 6.74. The second-order valence-corrected chi connectivity index (χ2v) is 2.68. The Bertz CT molecular complexity index is 299. The normalized spacial score (nSPS) is 10.1. The highest BCUT2D eigenvalue weighted by atomic mass is 16.4. The Labute approximate surface area is 80.4 Å². The summed E-state index contributed by atoms with van der Waals surface area (Å²) in [4.78, 5) is 10.4. The fraction of sp³-hybridized carbons (Fsp3) is 0.571. The predicted octanol–water partition coefficient (Wildman–Crippen LogP) is -0.843. The zero-order valence-electron chi connectivity index (χ0n) is 7.55. The van der Waals surface area contributed by atoms with Crippen LogP contribution in [0.15, 0.2) is 6.33 Å². The molecule has 0 aliphatic rings. The van der Waals surface area contributed by atoms with Gasteiger partial charge in [0.1, 0.15) is 12.9 Å². The van der Waals surface area contributed by atoms with E-state index < -0.39 is 5.97 Å². The Morgan fingerprint density at radius 3 is 3.07 bits per heavy atom. The van der Waals surface area contributed by atoms with Crippen LogP contribution in [0.4, 0.5) is 5.95 Å². The van der Waals surface area contributed by atoms with E-state index in [2.05, 4.69) is 15.5 Å². The number of aliphatic carboxylic acids is 1. The van der Waals surface area contributed by atoms with E-state index in [9.17, 15) is 4.79 Å². The second-order valence-electron chi connectivity index (χ2n) is 2.68. The van der Waals surface area contributed by atoms with E-state index in [1.54, 1.807) is 0 Å². The molecular formula is C7H12N4O3. The molecule has 0 radical (unpaired) electrons. The lowest BCUT2D eigenvalue weighted by Crippen LogP contribution is -2.13. The number of hydrogen-bond donors (Lipinski definition) is 3. The number of carboxylic acids is 1. The van der Waals surface area contributed by atoms with Crippen LogP contribution in [0.1, 0.15) is 6.42 Å². The Hall–Kier alpha value is -1.63. The van der Waals surface area contributed by atoms with E-state index in [0.717, 1.165) is 0 Å². The van der Waals surface area contributed by atoms with E-state index in [0.29, 0.717) is 18.9 Å². The average Bonchev–Trinajstić information content (AvgIpc) is 2.52. The molecule has 0 spiro atoms. The summed E-state index contributed by atoms with van der Waals surface area (Å²) in [6.45, 7) is 0.448. The number of anilines is 1. The molecule has 1 aromatic rings. The van der Waals surface area contributed by atoms with Gasteiger partial charge in [0.05, 0.1) is 0 Å². The number of carbonyl (C=O) groups is 1. The van der Waals surface area contributed by atoms with Crippen LogP contribution in [-0.2, 0) is 11.3 Å². The highest BCUT2D eigenvalue weighted by Gasteiger charge is 2.05. The van der Waals surface area contributed by atoms with Crippen LogP contribution in [0, 0.1) is 0 Å². The minimum atomic E-state index is -0.949. The number of nitrogens with one attached hydrogen (secondary N) is 1. The molecule has 0 aliphatic carbocycles. The fourth-order valence-electron chi connectivity index (χ4n) is 0.933. The van der Waals surface area contributed by atoms with E-state index in [-0.39, 0.29) is 13.2 Å². The van der Waals surface area contributed by atoms with Crippen LogP contribution in [0.5, 0.6) is 0 Å². The topological polar surface area (TPSA) is 100 Å². The second kappa shape index (κ2) is 5.18. The number of aliphatic hydroxyl groups is 1. The zero-order chi connectivity index (χ0) is 10.4. The monoisotopic (exact) mass is 200 g/mol. The van der Waals surface area contributed by atoms with Crippen molar-refractivity contribution in [3.8, 4) is 0 Å². The molecule has 0 aliphatic heterocycles. The summed E-state index contributed by atoms with van der Waals surface area (Å²) in [7, 11) is 0. The Morgan fingerprint density at radius 2 is 2.43 bits per heavy atom. The predicted molar refractivity (Wildman–Crippen MR) is 47.9 cm³/mol. The van der Waals surface area contributed by atoms with Gasteiger partial charge < -0.3 is 15.5 Å². The van der Waals surface area contributed by atoms with Crippen molar-refractivity contribution in [2.24, 2.45) is 0 Å². The molecule has 14 heavy (non-hydrogen) atoms. The summed E-state index contributed by atoms with van der Waals surface area (Å²) < 4.78 is 1.39. The van der Waals surface area contributed by atoms with Crippen molar-refractivity contribution in [1.82, 2.24) is 14.8 Å². The molecule has 0 amide bonds. The van der Waals surface area contributed by atoms with E-state index in [1.165, 1.54) is 10.9 Å². The van der Waals surface area contributed by atoms with Crippen molar-refractivity contribution in [1.29, 1.82) is 0 Å². The number of carboxylic acid groups (broad SMARTS) is 1. The molecule has 0 atom stereocenters. The number of rotatable bonds is 6. The van der Waals surface area contributed by atoms with E-state index >= 15 is 0 Å². The molecule has 7 nitrogen and oxygen atoms in total. The quantitative estimate of drug-likeness (QED) is 0.517. The van der Waals surface area contributed by atoms with Gasteiger partial charge in [0, 0.05) is 13.2 Å². The highest BCUT2D eigenvalue weighted by Crippen LogP contribution is 2.01. The molecule has 0 unspecified atom stereocenters. The fourth-order valence-corrected chi connectivity index (χ4v) is 0.933. The number of hydrogen-bond acceptors (Lipinski definition) is 5. The Kier molecular flexibility index (Phi) is 3.86. The van der Waals surface area contributed by atoms with Crippen molar-refractivity contribution in [3.63, 3.8) is 0 Å². The summed E-state index contributed by atoms with van der Waals surface area (Å²) >= 11 is 0. The smallest absolute Gasteiger partial charge is 0.323 e. The number of aliphatic hydroxyl groups excluding tert-OH is 1. The maximum Gasteiger partial charge on any atom is 0.323 e. The highest BCUT2D eigenvalue weighted by molar-refractivity contribution is 5.67. The van der Waals surface area contributed by atoms with Crippen LogP contribution in [0.3, 0.4) is 0 Å². The molecule has 0 fully saturated rings. The summed E-state index contributed by atoms with van der Waals surface area (Å²) in [6.07, 6.45) is 1.93. The van der Waals surface area contributed by atoms with Crippen LogP contribution in [0.25, 0.3) is 0 Å². The van der Waals surface area contributed by atoms with Crippen LogP contribution in [-0.4, -0.2) is 44.1 Å². The van der Waals surface area contributed by atoms with Gasteiger partial charge in [-0.05, 0) is 6.42 Å². The third kappa shape index (κ3) is 3.02. The summed E-state index contributed by atoms with van der Waals surface area (Å²) in [5.74, 6) is -0.546. The molecule has 1 rings (SSSR count). The lowest BCUT2D eigenvalue weighted by Gasteiger charge is -2.04. The standard InChI is InChI=1S/C7H12N4O3/c12-3-1-2-8-7-10-9-5-11(7)4-6(13)14/h5,12H,1-4H2,(H,8,10)(H,13,14). The SMILES string of the molecule is O=C(O)Cn1cnnc1NCCCO. The summed E-state index contributed by atoms with van der Waals surface area (Å²) in [5, 5.41) is 27.2. The first-order valence-corrected chi connectivity index (χ1v) is 4.18. The minimum Gasteiger partial charge on any atom is -0.480 e. The maximum absolute atomic E-state index is 10.4. The molecule has 1 aromatic heterocycles. The van der Waals surface area contributed by atoms with E-state index in [4.69, 9.17) is 10.2 Å². The van der Waals surface area contributed by atoms with Crippen molar-refractivity contribution >= 4 is 11.9 Å². The molecular weight excluding hydrogens is 188 g/mol. The lowest BCUT2D eigenvalue weighted by atomic mass is 10.4. The molecule has 0 saturated heterocycles. The van der Waals surface area contributed by atoms with Gasteiger partial charge in [0.15, 0.2) is 0 Å². The molecule has 0 bridgehead atoms. The van der Waals surface area contributed by atoms with Crippen molar-refractivity contribution < 1.29 is 15.0 Å². The molecule has 1 heterocycles. The molecule has 0 saturated carbocycles. The van der Waals surface area contributed by atoms with Crippen LogP contribution >= 0.6 is 0 Å². The summed E-state index contributed by atoms with van der Waals surface area (Å²) in [6, 6.07) is 0. The zero-order valence-corrected chi connectivity index (χ0v) is 7.55. The Balaban J connectivity index is 2.49. The maximum atomic E-state index is 10.4. The van der Waals surface area contributed by atoms with Gasteiger partial charge in [-0.2, -0.15) is 0 Å². The minimum absolute atomic E-state index is 0.0834. The first-order valence-electron chi connectivity index (χ1n) is 4.18. The van der Waals surface area contributed by atoms with Gasteiger partial charge in [0.2, 0.25) is 5.95 Å². The largest absolute Gasteiger partial charge is 0.480 e. The molecule has 0 aromatic carbocycles. The molecule has 7 heteroatoms. The van der Waals surface area contributed by atoms with Crippen molar-refractivity contribution in [2.45, 2.75) is 13.0 Å².